The highest BCUT2D eigenvalue weighted by Crippen LogP contribution is 2.22. The maximum absolute atomic E-state index is 12.2. The normalized spacial score (nSPS) is 12.0. The molecule has 1 amide bonds. The van der Waals surface area contributed by atoms with Crippen molar-refractivity contribution in [3.63, 3.8) is 0 Å². The number of hydrogen-bond donors (Lipinski definition) is 1. The lowest BCUT2D eigenvalue weighted by Gasteiger charge is -2.12. The Labute approximate surface area is 133 Å². The Bertz CT molecular complexity index is 684. The third-order valence-electron chi connectivity index (χ3n) is 3.11. The number of aromatic nitrogens is 3. The number of aryl methyl sites for hydroxylation is 1. The van der Waals surface area contributed by atoms with Crippen molar-refractivity contribution in [3.05, 3.63) is 36.2 Å². The van der Waals surface area contributed by atoms with E-state index in [0.717, 1.165) is 6.54 Å². The summed E-state index contributed by atoms with van der Waals surface area (Å²) in [5.41, 5.74) is 1.19. The Morgan fingerprint density at radius 1 is 1.41 bits per heavy atom. The van der Waals surface area contributed by atoms with E-state index in [0.29, 0.717) is 16.4 Å². The number of carbonyl (C=O) groups is 2. The molecule has 0 aliphatic carbocycles. The number of benzene rings is 1. The van der Waals surface area contributed by atoms with E-state index in [1.807, 2.05) is 18.4 Å². The highest BCUT2D eigenvalue weighted by molar-refractivity contribution is 8.00. The van der Waals surface area contributed by atoms with Gasteiger partial charge in [-0.15, -0.1) is 10.2 Å². The van der Waals surface area contributed by atoms with E-state index in [4.69, 9.17) is 0 Å². The van der Waals surface area contributed by atoms with Gasteiger partial charge in [0.1, 0.15) is 6.33 Å². The molecule has 0 aliphatic rings. The standard InChI is InChI=1S/C15H18N4O2S/c1-4-19-9-16-18-15(19)22-11(3)14(21)17-13-7-5-6-12(8-13)10(2)20/h5-9,11H,4H2,1-3H3,(H,17,21)/t11-/m0/s1. The number of thioether (sulfide) groups is 1. The fourth-order valence-electron chi connectivity index (χ4n) is 1.82. The maximum Gasteiger partial charge on any atom is 0.237 e. The number of Topliss-reactive ketones (excluding diaryl/α,β-unsaturated/α-hetero) is 1. The van der Waals surface area contributed by atoms with Crippen LogP contribution in [0.2, 0.25) is 0 Å². The van der Waals surface area contributed by atoms with Crippen LogP contribution in [0.3, 0.4) is 0 Å². The number of nitrogens with one attached hydrogen (secondary N) is 1. The Balaban J connectivity index is 2.02. The lowest BCUT2D eigenvalue weighted by Crippen LogP contribution is -2.23. The molecule has 0 saturated heterocycles. The van der Waals surface area contributed by atoms with E-state index >= 15 is 0 Å². The van der Waals surface area contributed by atoms with Gasteiger partial charge in [-0.1, -0.05) is 23.9 Å². The van der Waals surface area contributed by atoms with Crippen LogP contribution in [-0.2, 0) is 11.3 Å². The van der Waals surface area contributed by atoms with Gasteiger partial charge in [0.05, 0.1) is 5.25 Å². The van der Waals surface area contributed by atoms with Gasteiger partial charge in [0, 0.05) is 17.8 Å². The van der Waals surface area contributed by atoms with Gasteiger partial charge in [-0.2, -0.15) is 0 Å². The van der Waals surface area contributed by atoms with E-state index in [1.165, 1.54) is 18.7 Å². The molecule has 0 fully saturated rings. The molecule has 7 heteroatoms. The van der Waals surface area contributed by atoms with Gasteiger partial charge in [-0.25, -0.2) is 0 Å². The minimum atomic E-state index is -0.324. The second-order valence-electron chi connectivity index (χ2n) is 4.79. The molecule has 2 aromatic rings. The third kappa shape index (κ3) is 3.94. The van der Waals surface area contributed by atoms with Crippen molar-refractivity contribution in [2.75, 3.05) is 5.32 Å². The molecule has 0 saturated carbocycles. The van der Waals surface area contributed by atoms with Crippen LogP contribution in [0.1, 0.15) is 31.1 Å². The van der Waals surface area contributed by atoms with Crippen LogP contribution in [0.25, 0.3) is 0 Å². The molecule has 0 bridgehead atoms. The lowest BCUT2D eigenvalue weighted by atomic mass is 10.1. The van der Waals surface area contributed by atoms with Crippen molar-refractivity contribution in [2.24, 2.45) is 0 Å². The molecule has 0 radical (unpaired) electrons. The summed E-state index contributed by atoms with van der Waals surface area (Å²) in [7, 11) is 0. The molecule has 2 rings (SSSR count). The maximum atomic E-state index is 12.2. The van der Waals surface area contributed by atoms with E-state index in [1.54, 1.807) is 30.6 Å². The van der Waals surface area contributed by atoms with Gasteiger partial charge in [0.2, 0.25) is 5.91 Å². The van der Waals surface area contributed by atoms with Crippen molar-refractivity contribution in [3.8, 4) is 0 Å². The molecule has 1 N–H and O–H groups in total. The lowest BCUT2D eigenvalue weighted by molar-refractivity contribution is -0.115. The van der Waals surface area contributed by atoms with Crippen LogP contribution in [0.15, 0.2) is 35.7 Å². The number of amides is 1. The zero-order valence-electron chi connectivity index (χ0n) is 12.7. The molecule has 0 aliphatic heterocycles. The first-order valence-electron chi connectivity index (χ1n) is 6.97. The first-order valence-corrected chi connectivity index (χ1v) is 7.85. The summed E-state index contributed by atoms with van der Waals surface area (Å²) < 4.78 is 1.88. The topological polar surface area (TPSA) is 76.9 Å². The van der Waals surface area contributed by atoms with Crippen molar-refractivity contribution < 1.29 is 9.59 Å². The second kappa shape index (κ2) is 7.22. The van der Waals surface area contributed by atoms with Crippen molar-refractivity contribution in [1.82, 2.24) is 14.8 Å². The first-order chi connectivity index (χ1) is 10.5. The minimum Gasteiger partial charge on any atom is -0.325 e. The molecular weight excluding hydrogens is 300 g/mol. The van der Waals surface area contributed by atoms with Gasteiger partial charge >= 0.3 is 0 Å². The summed E-state index contributed by atoms with van der Waals surface area (Å²) in [6, 6.07) is 6.90. The zero-order valence-corrected chi connectivity index (χ0v) is 13.6. The summed E-state index contributed by atoms with van der Waals surface area (Å²) in [6.07, 6.45) is 1.64. The fourth-order valence-corrected chi connectivity index (χ4v) is 2.71. The number of ketones is 1. The third-order valence-corrected chi connectivity index (χ3v) is 4.20. The number of hydrogen-bond acceptors (Lipinski definition) is 5. The smallest absolute Gasteiger partial charge is 0.237 e. The molecule has 0 spiro atoms. The van der Waals surface area contributed by atoms with Gasteiger partial charge in [-0.05, 0) is 32.9 Å². The van der Waals surface area contributed by atoms with Crippen molar-refractivity contribution >= 4 is 29.1 Å². The number of rotatable bonds is 6. The molecular formula is C15H18N4O2S. The molecule has 1 atom stereocenters. The minimum absolute atomic E-state index is 0.0328. The average molecular weight is 318 g/mol. The van der Waals surface area contributed by atoms with Crippen molar-refractivity contribution in [2.45, 2.75) is 37.7 Å². The van der Waals surface area contributed by atoms with Crippen LogP contribution in [0.5, 0.6) is 0 Å². The highest BCUT2D eigenvalue weighted by atomic mass is 32.2. The summed E-state index contributed by atoms with van der Waals surface area (Å²) in [4.78, 5) is 23.6. The van der Waals surface area contributed by atoms with E-state index < -0.39 is 0 Å². The van der Waals surface area contributed by atoms with Crippen LogP contribution < -0.4 is 5.32 Å². The molecule has 1 aromatic carbocycles. The molecule has 1 aromatic heterocycles. The molecule has 0 unspecified atom stereocenters. The second-order valence-corrected chi connectivity index (χ2v) is 6.09. The van der Waals surface area contributed by atoms with Gasteiger partial charge in [0.25, 0.3) is 0 Å². The summed E-state index contributed by atoms with van der Waals surface area (Å²) in [5.74, 6) is -0.175. The molecule has 1 heterocycles. The van der Waals surface area contributed by atoms with E-state index in [9.17, 15) is 9.59 Å². The highest BCUT2D eigenvalue weighted by Gasteiger charge is 2.18. The average Bonchev–Trinajstić information content (AvgIpc) is 2.94. The van der Waals surface area contributed by atoms with Crippen LogP contribution >= 0.6 is 11.8 Å². The Morgan fingerprint density at radius 2 is 2.18 bits per heavy atom. The Morgan fingerprint density at radius 3 is 2.86 bits per heavy atom. The van der Waals surface area contributed by atoms with E-state index in [2.05, 4.69) is 15.5 Å². The summed E-state index contributed by atoms with van der Waals surface area (Å²) in [5, 5.41) is 11.1. The van der Waals surface area contributed by atoms with Crippen LogP contribution in [0.4, 0.5) is 5.69 Å². The largest absolute Gasteiger partial charge is 0.325 e. The van der Waals surface area contributed by atoms with Gasteiger partial charge in [-0.3, -0.25) is 9.59 Å². The molecule has 116 valence electrons. The predicted octanol–water partition coefficient (Wildman–Crippen LogP) is 2.62. The zero-order chi connectivity index (χ0) is 16.1. The number of anilines is 1. The number of carbonyl (C=O) groups excluding carboxylic acids is 2. The fraction of sp³-hybridized carbons (Fsp3) is 0.333. The number of nitrogens with zero attached hydrogens (tertiary/aromatic N) is 3. The van der Waals surface area contributed by atoms with Crippen LogP contribution in [0, 0.1) is 0 Å². The summed E-state index contributed by atoms with van der Waals surface area (Å²) in [6.45, 7) is 6.05. The Kier molecular flexibility index (Phi) is 5.32. The van der Waals surface area contributed by atoms with Gasteiger partial charge < -0.3 is 9.88 Å². The molecule has 22 heavy (non-hydrogen) atoms. The molecule has 6 nitrogen and oxygen atoms in total. The monoisotopic (exact) mass is 318 g/mol. The van der Waals surface area contributed by atoms with Crippen LogP contribution in [-0.4, -0.2) is 31.7 Å². The quantitative estimate of drug-likeness (QED) is 0.654. The predicted molar refractivity (Wildman–Crippen MR) is 86.1 cm³/mol. The van der Waals surface area contributed by atoms with E-state index in [-0.39, 0.29) is 16.9 Å². The Hall–Kier alpha value is -2.15. The summed E-state index contributed by atoms with van der Waals surface area (Å²) >= 11 is 1.35. The van der Waals surface area contributed by atoms with Crippen molar-refractivity contribution in [1.29, 1.82) is 0 Å². The SMILES string of the molecule is CCn1cnnc1S[C@@H](C)C(=O)Nc1cccc(C(C)=O)c1. The van der Waals surface area contributed by atoms with Gasteiger partial charge in [0.15, 0.2) is 10.9 Å². The first kappa shape index (κ1) is 16.2.